The normalized spacial score (nSPS) is 25.6. The number of carbonyl (C=O) groups excluding carboxylic acids is 1. The summed E-state index contributed by atoms with van der Waals surface area (Å²) in [6, 6.07) is -0.246. The third-order valence-corrected chi connectivity index (χ3v) is 4.60. The molecule has 2 rings (SSSR count). The highest BCUT2D eigenvalue weighted by atomic mass is 16.5. The number of rotatable bonds is 4. The summed E-state index contributed by atoms with van der Waals surface area (Å²) in [4.78, 5) is 23.6. The van der Waals surface area contributed by atoms with E-state index in [1.165, 1.54) is 0 Å². The Morgan fingerprint density at radius 3 is 2.43 bits per heavy atom. The molecule has 0 aromatic heterocycles. The molecule has 0 aromatic rings. The van der Waals surface area contributed by atoms with Gasteiger partial charge < -0.3 is 20.5 Å². The third kappa shape index (κ3) is 4.59. The van der Waals surface area contributed by atoms with Gasteiger partial charge in [0.05, 0.1) is 18.1 Å². The number of amides is 2. The molecule has 0 spiro atoms. The maximum atomic E-state index is 11.9. The highest BCUT2D eigenvalue weighted by Gasteiger charge is 2.39. The average Bonchev–Trinajstić information content (AvgIpc) is 2.73. The number of urea groups is 1. The Morgan fingerprint density at radius 1 is 1.14 bits per heavy atom. The van der Waals surface area contributed by atoms with E-state index in [0.29, 0.717) is 19.4 Å². The van der Waals surface area contributed by atoms with Crippen molar-refractivity contribution in [3.05, 3.63) is 0 Å². The molecule has 1 unspecified atom stereocenters. The van der Waals surface area contributed by atoms with E-state index in [1.807, 2.05) is 0 Å². The second-order valence-electron chi connectivity index (χ2n) is 6.24. The Hall–Kier alpha value is -1.30. The predicted molar refractivity (Wildman–Crippen MR) is 78.1 cm³/mol. The number of hydrogen-bond acceptors (Lipinski definition) is 3. The molecule has 0 radical (unpaired) electrons. The fourth-order valence-corrected chi connectivity index (χ4v) is 3.21. The van der Waals surface area contributed by atoms with Crippen LogP contribution in [0.5, 0.6) is 0 Å². The topological polar surface area (TPSA) is 87.7 Å². The van der Waals surface area contributed by atoms with Gasteiger partial charge in [-0.05, 0) is 25.7 Å². The van der Waals surface area contributed by atoms with Gasteiger partial charge in [-0.15, -0.1) is 0 Å². The lowest BCUT2D eigenvalue weighted by molar-refractivity contribution is -0.149. The maximum Gasteiger partial charge on any atom is 0.315 e. The maximum absolute atomic E-state index is 11.9. The first kappa shape index (κ1) is 16.1. The summed E-state index contributed by atoms with van der Waals surface area (Å²) in [6.45, 7) is 1.50. The molecule has 1 atom stereocenters. The van der Waals surface area contributed by atoms with Crippen LogP contribution < -0.4 is 10.6 Å². The van der Waals surface area contributed by atoms with E-state index in [4.69, 9.17) is 4.74 Å². The van der Waals surface area contributed by atoms with Crippen LogP contribution in [0.3, 0.4) is 0 Å². The van der Waals surface area contributed by atoms with E-state index in [2.05, 4.69) is 10.6 Å². The van der Waals surface area contributed by atoms with Gasteiger partial charge in [-0.2, -0.15) is 0 Å². The molecule has 1 aliphatic heterocycles. The SMILES string of the molecule is O=C(NCC1(C(=O)O)CCCCCC1)NC1CCCOC1. The van der Waals surface area contributed by atoms with Crippen molar-refractivity contribution in [2.75, 3.05) is 19.8 Å². The van der Waals surface area contributed by atoms with Crippen LogP contribution in [0.15, 0.2) is 0 Å². The minimum Gasteiger partial charge on any atom is -0.481 e. The Morgan fingerprint density at radius 2 is 1.86 bits per heavy atom. The zero-order valence-electron chi connectivity index (χ0n) is 12.5. The van der Waals surface area contributed by atoms with Gasteiger partial charge in [0.25, 0.3) is 0 Å². The van der Waals surface area contributed by atoms with E-state index >= 15 is 0 Å². The van der Waals surface area contributed by atoms with Crippen molar-refractivity contribution in [1.29, 1.82) is 0 Å². The number of carboxylic acid groups (broad SMARTS) is 1. The molecule has 1 saturated heterocycles. The van der Waals surface area contributed by atoms with Gasteiger partial charge >= 0.3 is 12.0 Å². The summed E-state index contributed by atoms with van der Waals surface area (Å²) in [5, 5.41) is 15.2. The number of hydrogen-bond donors (Lipinski definition) is 3. The quantitative estimate of drug-likeness (QED) is 0.692. The molecule has 21 heavy (non-hydrogen) atoms. The molecule has 3 N–H and O–H groups in total. The first-order chi connectivity index (χ1) is 10.1. The third-order valence-electron chi connectivity index (χ3n) is 4.60. The molecule has 1 heterocycles. The zero-order chi connectivity index (χ0) is 15.1. The largest absolute Gasteiger partial charge is 0.481 e. The Labute approximate surface area is 125 Å². The van der Waals surface area contributed by atoms with Gasteiger partial charge in [-0.25, -0.2) is 4.79 Å². The Kier molecular flexibility index (Phi) is 5.85. The highest BCUT2D eigenvalue weighted by Crippen LogP contribution is 2.34. The molecule has 2 amide bonds. The molecular formula is C15H26N2O4. The number of nitrogens with one attached hydrogen (secondary N) is 2. The molecule has 0 aromatic carbocycles. The van der Waals surface area contributed by atoms with E-state index in [0.717, 1.165) is 45.1 Å². The van der Waals surface area contributed by atoms with Gasteiger partial charge in [-0.3, -0.25) is 4.79 Å². The molecule has 2 aliphatic rings. The predicted octanol–water partition coefficient (Wildman–Crippen LogP) is 1.89. The van der Waals surface area contributed by atoms with E-state index in [-0.39, 0.29) is 18.6 Å². The lowest BCUT2D eigenvalue weighted by Crippen LogP contribution is -2.50. The molecule has 2 fully saturated rings. The fraction of sp³-hybridized carbons (Fsp3) is 0.867. The minimum absolute atomic E-state index is 0.0358. The zero-order valence-corrected chi connectivity index (χ0v) is 12.5. The van der Waals surface area contributed by atoms with Gasteiger partial charge in [0.2, 0.25) is 0 Å². The van der Waals surface area contributed by atoms with Crippen molar-refractivity contribution >= 4 is 12.0 Å². The summed E-state index contributed by atoms with van der Waals surface area (Å²) in [5.74, 6) is -0.786. The molecule has 1 aliphatic carbocycles. The van der Waals surface area contributed by atoms with Crippen molar-refractivity contribution in [2.24, 2.45) is 5.41 Å². The molecule has 6 nitrogen and oxygen atoms in total. The van der Waals surface area contributed by atoms with Crippen LogP contribution in [0.1, 0.15) is 51.4 Å². The molecule has 6 heteroatoms. The summed E-state index contributed by atoms with van der Waals surface area (Å²) in [7, 11) is 0. The van der Waals surface area contributed by atoms with Crippen molar-refractivity contribution in [3.8, 4) is 0 Å². The van der Waals surface area contributed by atoms with Gasteiger partial charge in [0, 0.05) is 13.2 Å². The summed E-state index contributed by atoms with van der Waals surface area (Å²) in [5.41, 5.74) is -0.795. The number of aliphatic carboxylic acids is 1. The molecule has 1 saturated carbocycles. The minimum atomic E-state index is -0.795. The van der Waals surface area contributed by atoms with Crippen LogP contribution in [0.2, 0.25) is 0 Å². The van der Waals surface area contributed by atoms with Gasteiger partial charge in [0.15, 0.2) is 0 Å². The molecular weight excluding hydrogens is 272 g/mol. The Balaban J connectivity index is 1.83. The first-order valence-corrected chi connectivity index (χ1v) is 7.98. The average molecular weight is 298 g/mol. The van der Waals surface area contributed by atoms with E-state index in [1.54, 1.807) is 0 Å². The first-order valence-electron chi connectivity index (χ1n) is 7.98. The summed E-state index contributed by atoms with van der Waals surface area (Å²) in [6.07, 6.45) is 7.17. The monoisotopic (exact) mass is 298 g/mol. The fourth-order valence-electron chi connectivity index (χ4n) is 3.21. The Bertz CT molecular complexity index is 359. The van der Waals surface area contributed by atoms with Crippen molar-refractivity contribution in [1.82, 2.24) is 10.6 Å². The van der Waals surface area contributed by atoms with Gasteiger partial charge in [0.1, 0.15) is 0 Å². The number of carbonyl (C=O) groups is 2. The van der Waals surface area contributed by atoms with Crippen LogP contribution in [-0.2, 0) is 9.53 Å². The lowest BCUT2D eigenvalue weighted by Gasteiger charge is -2.29. The summed E-state index contributed by atoms with van der Waals surface area (Å²) < 4.78 is 5.32. The van der Waals surface area contributed by atoms with Crippen LogP contribution in [0.25, 0.3) is 0 Å². The standard InChI is InChI=1S/C15H26N2O4/c18-13(19)15(7-3-1-2-4-8-15)11-16-14(20)17-12-6-5-9-21-10-12/h12H,1-11H2,(H,18,19)(H2,16,17,20). The van der Waals surface area contributed by atoms with Crippen molar-refractivity contribution in [3.63, 3.8) is 0 Å². The van der Waals surface area contributed by atoms with Crippen LogP contribution >= 0.6 is 0 Å². The van der Waals surface area contributed by atoms with Crippen molar-refractivity contribution < 1.29 is 19.4 Å². The van der Waals surface area contributed by atoms with Crippen LogP contribution in [0.4, 0.5) is 4.79 Å². The lowest BCUT2D eigenvalue weighted by atomic mass is 9.80. The van der Waals surface area contributed by atoms with E-state index < -0.39 is 11.4 Å². The number of carboxylic acids is 1. The smallest absolute Gasteiger partial charge is 0.315 e. The van der Waals surface area contributed by atoms with Crippen LogP contribution in [-0.4, -0.2) is 42.9 Å². The second kappa shape index (κ2) is 7.64. The number of ether oxygens (including phenoxy) is 1. The van der Waals surface area contributed by atoms with E-state index in [9.17, 15) is 14.7 Å². The van der Waals surface area contributed by atoms with Crippen LogP contribution in [0, 0.1) is 5.41 Å². The van der Waals surface area contributed by atoms with Crippen molar-refractivity contribution in [2.45, 2.75) is 57.4 Å². The highest BCUT2D eigenvalue weighted by molar-refractivity contribution is 5.78. The molecule has 0 bridgehead atoms. The molecule has 120 valence electrons. The van der Waals surface area contributed by atoms with Gasteiger partial charge in [-0.1, -0.05) is 25.7 Å². The second-order valence-corrected chi connectivity index (χ2v) is 6.24. The summed E-state index contributed by atoms with van der Waals surface area (Å²) >= 11 is 0.